The van der Waals surface area contributed by atoms with Crippen LogP contribution in [0.25, 0.3) is 5.65 Å². The standard InChI is InChI=1S/C19H21N5O4S/c1-28-15-2-4-16(5-3-15)29(26,27)23-12-8-14(9-13-23)19(25)22-18-6-10-20-17-7-11-21-24(17)18/h2-7,10-11,14H,8-9,12-13H2,1H3,(H,22,25). The normalized spacial score (nSPS) is 16.0. The number of ether oxygens (including phenoxy) is 1. The number of anilines is 1. The van der Waals surface area contributed by atoms with E-state index in [4.69, 9.17) is 4.74 Å². The minimum absolute atomic E-state index is 0.144. The summed E-state index contributed by atoms with van der Waals surface area (Å²) in [4.78, 5) is 17.1. The summed E-state index contributed by atoms with van der Waals surface area (Å²) in [5.74, 6) is 0.727. The lowest BCUT2D eigenvalue weighted by atomic mass is 9.97. The van der Waals surface area contributed by atoms with Crippen molar-refractivity contribution in [1.29, 1.82) is 0 Å². The van der Waals surface area contributed by atoms with Crippen LogP contribution >= 0.6 is 0 Å². The Morgan fingerprint density at radius 2 is 1.83 bits per heavy atom. The number of fused-ring (bicyclic) bond motifs is 1. The number of piperidine rings is 1. The molecule has 29 heavy (non-hydrogen) atoms. The van der Waals surface area contributed by atoms with Crippen molar-refractivity contribution in [2.75, 3.05) is 25.5 Å². The van der Waals surface area contributed by atoms with Crippen molar-refractivity contribution in [1.82, 2.24) is 18.9 Å². The summed E-state index contributed by atoms with van der Waals surface area (Å²) in [5.41, 5.74) is 0.642. The molecule has 3 aromatic rings. The summed E-state index contributed by atoms with van der Waals surface area (Å²) in [6, 6.07) is 9.74. The average Bonchev–Trinajstić information content (AvgIpc) is 3.24. The largest absolute Gasteiger partial charge is 0.497 e. The van der Waals surface area contributed by atoms with E-state index < -0.39 is 10.0 Å². The van der Waals surface area contributed by atoms with Crippen molar-refractivity contribution >= 4 is 27.4 Å². The highest BCUT2D eigenvalue weighted by Gasteiger charge is 2.32. The second-order valence-electron chi connectivity index (χ2n) is 6.77. The predicted molar refractivity (Wildman–Crippen MR) is 106 cm³/mol. The summed E-state index contributed by atoms with van der Waals surface area (Å²) in [5, 5.41) is 7.03. The minimum Gasteiger partial charge on any atom is -0.497 e. The fraction of sp³-hybridized carbons (Fsp3) is 0.316. The number of amides is 1. The molecule has 0 unspecified atom stereocenters. The highest BCUT2D eigenvalue weighted by Crippen LogP contribution is 2.26. The van der Waals surface area contributed by atoms with Crippen LogP contribution in [0, 0.1) is 5.92 Å². The number of methoxy groups -OCH3 is 1. The van der Waals surface area contributed by atoms with E-state index in [0.717, 1.165) is 0 Å². The van der Waals surface area contributed by atoms with Crippen molar-refractivity contribution in [2.45, 2.75) is 17.7 Å². The van der Waals surface area contributed by atoms with Gasteiger partial charge < -0.3 is 10.1 Å². The Balaban J connectivity index is 1.40. The number of nitrogens with zero attached hydrogens (tertiary/aromatic N) is 4. The van der Waals surface area contributed by atoms with Gasteiger partial charge in [-0.15, -0.1) is 0 Å². The van der Waals surface area contributed by atoms with E-state index in [1.165, 1.54) is 23.5 Å². The zero-order chi connectivity index (χ0) is 20.4. The molecule has 0 spiro atoms. The van der Waals surface area contributed by atoms with Crippen molar-refractivity contribution < 1.29 is 17.9 Å². The lowest BCUT2D eigenvalue weighted by Gasteiger charge is -2.30. The van der Waals surface area contributed by atoms with E-state index in [2.05, 4.69) is 15.4 Å². The number of hydrogen-bond donors (Lipinski definition) is 1. The fourth-order valence-electron chi connectivity index (χ4n) is 3.41. The highest BCUT2D eigenvalue weighted by molar-refractivity contribution is 7.89. The van der Waals surface area contributed by atoms with E-state index in [1.54, 1.807) is 41.2 Å². The molecule has 1 aromatic carbocycles. The average molecular weight is 415 g/mol. The van der Waals surface area contributed by atoms with Crippen molar-refractivity contribution in [3.63, 3.8) is 0 Å². The maximum atomic E-state index is 12.8. The first-order chi connectivity index (χ1) is 14.0. The molecule has 2 aromatic heterocycles. The number of rotatable bonds is 5. The van der Waals surface area contributed by atoms with Gasteiger partial charge in [-0.1, -0.05) is 0 Å². The van der Waals surface area contributed by atoms with E-state index >= 15 is 0 Å². The molecule has 1 aliphatic heterocycles. The van der Waals surface area contributed by atoms with Gasteiger partial charge in [0.1, 0.15) is 11.6 Å². The Bertz CT molecular complexity index is 1120. The molecule has 0 atom stereocenters. The maximum Gasteiger partial charge on any atom is 0.243 e. The first kappa shape index (κ1) is 19.3. The third-order valence-corrected chi connectivity index (χ3v) is 6.98. The van der Waals surface area contributed by atoms with E-state index in [9.17, 15) is 13.2 Å². The zero-order valence-electron chi connectivity index (χ0n) is 15.9. The molecule has 1 aliphatic rings. The van der Waals surface area contributed by atoms with Gasteiger partial charge in [0.15, 0.2) is 5.65 Å². The van der Waals surface area contributed by atoms with Gasteiger partial charge in [-0.2, -0.15) is 13.9 Å². The second-order valence-corrected chi connectivity index (χ2v) is 8.71. The quantitative estimate of drug-likeness (QED) is 0.681. The number of hydrogen-bond acceptors (Lipinski definition) is 6. The molecule has 0 radical (unpaired) electrons. The molecule has 1 N–H and O–H groups in total. The van der Waals surface area contributed by atoms with Gasteiger partial charge in [-0.25, -0.2) is 13.4 Å². The minimum atomic E-state index is -3.59. The van der Waals surface area contributed by atoms with Crippen LogP contribution in [0.1, 0.15) is 12.8 Å². The Kier molecular flexibility index (Phi) is 5.20. The fourth-order valence-corrected chi connectivity index (χ4v) is 4.88. The Hall–Kier alpha value is -2.98. The first-order valence-electron chi connectivity index (χ1n) is 9.23. The van der Waals surface area contributed by atoms with Crippen LogP contribution in [-0.2, 0) is 14.8 Å². The molecule has 10 heteroatoms. The zero-order valence-corrected chi connectivity index (χ0v) is 16.7. The summed E-state index contributed by atoms with van der Waals surface area (Å²) in [6.07, 6.45) is 4.13. The predicted octanol–water partition coefficient (Wildman–Crippen LogP) is 1.78. The number of carbonyl (C=O) groups is 1. The van der Waals surface area contributed by atoms with Gasteiger partial charge in [-0.3, -0.25) is 4.79 Å². The van der Waals surface area contributed by atoms with Crippen LogP contribution in [0.15, 0.2) is 53.7 Å². The lowest BCUT2D eigenvalue weighted by Crippen LogP contribution is -2.41. The number of carbonyl (C=O) groups excluding carboxylic acids is 1. The molecule has 0 saturated carbocycles. The van der Waals surface area contributed by atoms with Gasteiger partial charge in [-0.05, 0) is 43.2 Å². The van der Waals surface area contributed by atoms with Crippen LogP contribution in [0.2, 0.25) is 0 Å². The van der Waals surface area contributed by atoms with Crippen LogP contribution in [0.3, 0.4) is 0 Å². The van der Waals surface area contributed by atoms with Crippen molar-refractivity contribution in [3.8, 4) is 5.75 Å². The van der Waals surface area contributed by atoms with Gasteiger partial charge >= 0.3 is 0 Å². The topological polar surface area (TPSA) is 106 Å². The monoisotopic (exact) mass is 415 g/mol. The molecule has 3 heterocycles. The third kappa shape index (κ3) is 3.81. The summed E-state index contributed by atoms with van der Waals surface area (Å²) in [6.45, 7) is 0.583. The summed E-state index contributed by atoms with van der Waals surface area (Å²) < 4.78 is 33.7. The van der Waals surface area contributed by atoms with Gasteiger partial charge in [0.2, 0.25) is 15.9 Å². The van der Waals surface area contributed by atoms with E-state index in [0.29, 0.717) is 43.1 Å². The molecule has 9 nitrogen and oxygen atoms in total. The van der Waals surface area contributed by atoms with Gasteiger partial charge in [0.25, 0.3) is 0 Å². The van der Waals surface area contributed by atoms with Crippen molar-refractivity contribution in [3.05, 3.63) is 48.8 Å². The molecule has 152 valence electrons. The van der Waals surface area contributed by atoms with Crippen LogP contribution in [0.4, 0.5) is 5.82 Å². The smallest absolute Gasteiger partial charge is 0.243 e. The molecule has 0 bridgehead atoms. The number of aromatic nitrogens is 3. The van der Waals surface area contributed by atoms with E-state index in [-0.39, 0.29) is 16.7 Å². The second kappa shape index (κ2) is 7.80. The first-order valence-corrected chi connectivity index (χ1v) is 10.7. The van der Waals surface area contributed by atoms with Crippen molar-refractivity contribution in [2.24, 2.45) is 5.92 Å². The number of sulfonamides is 1. The molecule has 1 amide bonds. The molecular formula is C19H21N5O4S. The van der Waals surface area contributed by atoms with E-state index in [1.807, 2.05) is 0 Å². The maximum absolute atomic E-state index is 12.8. The van der Waals surface area contributed by atoms with Crippen LogP contribution in [-0.4, -0.2) is 53.4 Å². The number of nitrogens with one attached hydrogen (secondary N) is 1. The van der Waals surface area contributed by atoms with Crippen LogP contribution in [0.5, 0.6) is 5.75 Å². The molecule has 1 saturated heterocycles. The molecule has 4 rings (SSSR count). The van der Waals surface area contributed by atoms with Crippen LogP contribution < -0.4 is 10.1 Å². The summed E-state index contributed by atoms with van der Waals surface area (Å²) in [7, 11) is -2.06. The Labute approximate surface area is 168 Å². The molecular weight excluding hydrogens is 394 g/mol. The van der Waals surface area contributed by atoms with Gasteiger partial charge in [0, 0.05) is 31.3 Å². The summed E-state index contributed by atoms with van der Waals surface area (Å²) >= 11 is 0. The van der Waals surface area contributed by atoms with Gasteiger partial charge in [0.05, 0.1) is 18.2 Å². The molecule has 0 aliphatic carbocycles. The lowest BCUT2D eigenvalue weighted by molar-refractivity contribution is -0.120. The third-order valence-electron chi connectivity index (χ3n) is 5.06. The molecule has 1 fully saturated rings. The number of benzene rings is 1. The Morgan fingerprint density at radius 3 is 2.52 bits per heavy atom. The SMILES string of the molecule is COc1ccc(S(=O)(=O)N2CCC(C(=O)Nc3ccnc4ccnn34)CC2)cc1. The Morgan fingerprint density at radius 1 is 1.10 bits per heavy atom. The highest BCUT2D eigenvalue weighted by atomic mass is 32.2.